The lowest BCUT2D eigenvalue weighted by molar-refractivity contribution is -0.384. The minimum atomic E-state index is -1.47. The van der Waals surface area contributed by atoms with Gasteiger partial charge in [0, 0.05) is 43.7 Å². The molecule has 0 radical (unpaired) electrons. The number of hydrogen-bond acceptors (Lipinski definition) is 11. The minimum absolute atomic E-state index is 0.0173. The van der Waals surface area contributed by atoms with Crippen LogP contribution in [0.4, 0.5) is 10.5 Å². The largest absolute Gasteiger partial charge is 0.459 e. The number of aliphatic hydroxyl groups is 2. The molecule has 0 bridgehead atoms. The number of amides is 1. The predicted molar refractivity (Wildman–Crippen MR) is 243 cm³/mol. The average Bonchev–Trinajstić information content (AvgIpc) is 3.31. The molecule has 6 atom stereocenters. The third kappa shape index (κ3) is 10.5. The minimum Gasteiger partial charge on any atom is -0.459 e. The molecule has 0 spiro atoms. The van der Waals surface area contributed by atoms with Gasteiger partial charge >= 0.3 is 6.09 Å². The Morgan fingerprint density at radius 1 is 0.922 bits per heavy atom. The van der Waals surface area contributed by atoms with Gasteiger partial charge in [0.05, 0.1) is 29.2 Å². The number of nitro groups is 1. The van der Waals surface area contributed by atoms with Crippen molar-refractivity contribution in [1.82, 2.24) is 4.90 Å². The quantitative estimate of drug-likeness (QED) is 0.0336. The van der Waals surface area contributed by atoms with Crippen molar-refractivity contribution in [2.24, 2.45) is 22.9 Å². The highest BCUT2D eigenvalue weighted by Crippen LogP contribution is 2.62. The van der Waals surface area contributed by atoms with E-state index in [2.05, 4.69) is 12.7 Å². The summed E-state index contributed by atoms with van der Waals surface area (Å²) in [6, 6.07) is 30.3. The van der Waals surface area contributed by atoms with Gasteiger partial charge in [-0.15, -0.1) is 6.58 Å². The molecular formula is C51H59N3O10. The average molecular weight is 874 g/mol. The van der Waals surface area contributed by atoms with Gasteiger partial charge in [0.15, 0.2) is 0 Å². The number of hydrogen-bond donors (Lipinski definition) is 2. The molecule has 1 heterocycles. The number of aliphatic hydroxyl groups excluding tert-OH is 2. The number of rotatable bonds is 22. The van der Waals surface area contributed by atoms with E-state index in [0.29, 0.717) is 48.8 Å². The molecule has 13 nitrogen and oxygen atoms in total. The maximum Gasteiger partial charge on any atom is 0.410 e. The molecule has 2 aliphatic carbocycles. The van der Waals surface area contributed by atoms with Gasteiger partial charge in [0.2, 0.25) is 5.79 Å². The fraction of sp³-hybridized carbons (Fsp3) is 0.412. The zero-order valence-electron chi connectivity index (χ0n) is 36.5. The van der Waals surface area contributed by atoms with E-state index in [0.717, 1.165) is 47.9 Å². The lowest BCUT2D eigenvalue weighted by Crippen LogP contribution is -2.70. The molecule has 1 amide bonds. The van der Waals surface area contributed by atoms with Crippen LogP contribution in [0.25, 0.3) is 0 Å². The summed E-state index contributed by atoms with van der Waals surface area (Å²) >= 11 is 0. The Labute approximate surface area is 375 Å². The maximum atomic E-state index is 14.6. The second kappa shape index (κ2) is 22.1. The monoisotopic (exact) mass is 873 g/mol. The smallest absolute Gasteiger partial charge is 0.410 e. The van der Waals surface area contributed by atoms with E-state index in [1.54, 1.807) is 29.2 Å². The van der Waals surface area contributed by atoms with Gasteiger partial charge in [-0.1, -0.05) is 104 Å². The first-order valence-electron chi connectivity index (χ1n) is 22.4. The Kier molecular flexibility index (Phi) is 15.8. The number of oxime groups is 1. The number of fused-ring (bicyclic) bond motifs is 2. The number of benzene rings is 4. The van der Waals surface area contributed by atoms with Gasteiger partial charge in [-0.3, -0.25) is 15.0 Å². The zero-order chi connectivity index (χ0) is 44.9. The highest BCUT2D eigenvalue weighted by atomic mass is 16.7. The van der Waals surface area contributed by atoms with Crippen molar-refractivity contribution in [3.63, 3.8) is 0 Å². The summed E-state index contributed by atoms with van der Waals surface area (Å²) in [5.74, 6) is -0.975. The fourth-order valence-corrected chi connectivity index (χ4v) is 9.68. The van der Waals surface area contributed by atoms with Crippen molar-refractivity contribution < 1.29 is 43.7 Å². The number of nitrogens with zero attached hydrogens (tertiary/aromatic N) is 3. The van der Waals surface area contributed by atoms with Gasteiger partial charge in [-0.2, -0.15) is 0 Å². The Morgan fingerprint density at radius 2 is 1.62 bits per heavy atom. The van der Waals surface area contributed by atoms with Crippen LogP contribution in [0.2, 0.25) is 0 Å². The highest BCUT2D eigenvalue weighted by Gasteiger charge is 2.65. The number of non-ortho nitro benzene ring substituents is 1. The van der Waals surface area contributed by atoms with Crippen molar-refractivity contribution in [3.8, 4) is 17.2 Å². The first kappa shape index (κ1) is 46.0. The summed E-state index contributed by atoms with van der Waals surface area (Å²) in [6.45, 7) is 6.92. The summed E-state index contributed by atoms with van der Waals surface area (Å²) in [5.41, 5.74) is 4.14. The number of ether oxygens (including phenoxy) is 4. The molecule has 0 aromatic heterocycles. The summed E-state index contributed by atoms with van der Waals surface area (Å²) < 4.78 is 26.8. The van der Waals surface area contributed by atoms with Crippen molar-refractivity contribution in [3.05, 3.63) is 154 Å². The van der Waals surface area contributed by atoms with Crippen LogP contribution < -0.4 is 9.47 Å². The normalized spacial score (nSPS) is 22.6. The molecule has 1 aliphatic heterocycles. The first-order chi connectivity index (χ1) is 31.3. The van der Waals surface area contributed by atoms with E-state index < -0.39 is 28.8 Å². The van der Waals surface area contributed by atoms with Gasteiger partial charge in [0.1, 0.15) is 36.5 Å². The van der Waals surface area contributed by atoms with Crippen molar-refractivity contribution in [2.45, 2.75) is 89.3 Å². The molecule has 4 aromatic rings. The van der Waals surface area contributed by atoms with Crippen LogP contribution in [0.3, 0.4) is 0 Å². The summed E-state index contributed by atoms with van der Waals surface area (Å²) in [6.07, 6.45) is 8.64. The Morgan fingerprint density at radius 3 is 2.31 bits per heavy atom. The van der Waals surface area contributed by atoms with E-state index in [9.17, 15) is 25.1 Å². The molecular weight excluding hydrogens is 815 g/mol. The van der Waals surface area contributed by atoms with Gasteiger partial charge < -0.3 is 34.0 Å². The Hall–Kier alpha value is -6.02. The zero-order valence-corrected chi connectivity index (χ0v) is 36.5. The number of allylic oxidation sites excluding steroid dienone is 1. The highest BCUT2D eigenvalue weighted by molar-refractivity contribution is 6.03. The third-order valence-electron chi connectivity index (χ3n) is 12.4. The summed E-state index contributed by atoms with van der Waals surface area (Å²) in [7, 11) is 0. The van der Waals surface area contributed by atoms with Gasteiger partial charge in [0.25, 0.3) is 5.69 Å². The SMILES string of the molecule is C=CCOC12Oc3ccc(Oc4cccc([N+](=O)[O-])c4)cc3C3C(CCCCO)C(CCCCO)C=C(C(=NOCc4ccccc4)CC1N(CCC)C(=O)OCc1ccccc1)C32. The molecule has 13 heteroatoms. The summed E-state index contributed by atoms with van der Waals surface area (Å²) in [4.78, 5) is 33.8. The maximum absolute atomic E-state index is 14.6. The van der Waals surface area contributed by atoms with Crippen LogP contribution in [0.15, 0.2) is 133 Å². The number of unbranched alkanes of at least 4 members (excludes halogenated alkanes) is 2. The van der Waals surface area contributed by atoms with Crippen LogP contribution in [-0.4, -0.2) is 70.0 Å². The van der Waals surface area contributed by atoms with E-state index in [-0.39, 0.29) is 62.9 Å². The first-order valence-corrected chi connectivity index (χ1v) is 22.4. The van der Waals surface area contributed by atoms with Crippen LogP contribution in [0.1, 0.15) is 80.9 Å². The lowest BCUT2D eigenvalue weighted by atomic mass is 9.55. The molecule has 64 heavy (non-hydrogen) atoms. The Balaban J connectivity index is 1.41. The second-order valence-electron chi connectivity index (χ2n) is 16.6. The molecule has 1 saturated carbocycles. The van der Waals surface area contributed by atoms with E-state index in [4.69, 9.17) is 28.9 Å². The molecule has 7 rings (SSSR count). The van der Waals surface area contributed by atoms with Crippen molar-refractivity contribution in [1.29, 1.82) is 0 Å². The molecule has 3 aliphatic rings. The van der Waals surface area contributed by atoms with E-state index in [1.807, 2.05) is 79.7 Å². The van der Waals surface area contributed by atoms with Gasteiger partial charge in [-0.05, 0) is 84.9 Å². The summed E-state index contributed by atoms with van der Waals surface area (Å²) in [5, 5.41) is 36.5. The molecule has 338 valence electrons. The van der Waals surface area contributed by atoms with Crippen LogP contribution >= 0.6 is 0 Å². The standard InChI is InChI=1S/C51H59N3O10/c1-3-26-53(50(57)60-34-36-16-7-5-8-17-36)47-33-45(52-62-35-37-18-9-6-10-19-37)43-30-38(20-11-13-27-55)42(23-12-14-28-56)48-44-32-41(63-40-22-15-21-39(31-40)54(58)59)24-25-46(44)64-51(47,49(43)48)61-29-4-2/h4-10,15-19,21-22,24-25,30-32,38,42,47-49,55-56H,2-3,11-14,20,23,26-29,33-35H2,1H3. The Bertz CT molecular complexity index is 2250. The van der Waals surface area contributed by atoms with E-state index >= 15 is 0 Å². The van der Waals surface area contributed by atoms with Crippen molar-refractivity contribution in [2.75, 3.05) is 26.4 Å². The van der Waals surface area contributed by atoms with Crippen molar-refractivity contribution >= 4 is 17.5 Å². The fourth-order valence-electron chi connectivity index (χ4n) is 9.68. The van der Waals surface area contributed by atoms with Crippen LogP contribution in [0, 0.1) is 27.9 Å². The number of carbonyl (C=O) groups is 1. The topological polar surface area (TPSA) is 162 Å². The number of carbonyl (C=O) groups excluding carboxylic acids is 1. The molecule has 1 fully saturated rings. The molecule has 0 saturated heterocycles. The second-order valence-corrected chi connectivity index (χ2v) is 16.6. The number of nitro benzene ring substituents is 1. The molecule has 4 aromatic carbocycles. The van der Waals surface area contributed by atoms with Crippen LogP contribution in [-0.2, 0) is 27.5 Å². The third-order valence-corrected chi connectivity index (χ3v) is 12.4. The van der Waals surface area contributed by atoms with Gasteiger partial charge in [-0.25, -0.2) is 4.79 Å². The molecule has 6 unspecified atom stereocenters. The lowest BCUT2D eigenvalue weighted by Gasteiger charge is -2.59. The van der Waals surface area contributed by atoms with E-state index in [1.165, 1.54) is 12.1 Å². The predicted octanol–water partition coefficient (Wildman–Crippen LogP) is 10.3. The van der Waals surface area contributed by atoms with Crippen LogP contribution in [0.5, 0.6) is 17.2 Å². The molecule has 2 N–H and O–H groups in total.